The molecular weight excluding hydrogens is 335 g/mol. The molecule has 1 aromatic heterocycles. The summed E-state index contributed by atoms with van der Waals surface area (Å²) in [5.41, 5.74) is 3.09. The van der Waals surface area contributed by atoms with Gasteiger partial charge in [0.25, 0.3) is 0 Å². The van der Waals surface area contributed by atoms with Crippen LogP contribution >= 0.6 is 23.2 Å². The molecule has 1 heterocycles. The molecule has 0 radical (unpaired) electrons. The second kappa shape index (κ2) is 6.07. The maximum atomic E-state index is 11.1. The average molecular weight is 347 g/mol. The smallest absolute Gasteiger partial charge is 0.335 e. The molecular formula is C17H12Cl2N2O2. The zero-order chi connectivity index (χ0) is 16.6. The Bertz CT molecular complexity index is 921. The highest BCUT2D eigenvalue weighted by Gasteiger charge is 2.11. The lowest BCUT2D eigenvalue weighted by atomic mass is 10.1. The monoisotopic (exact) mass is 346 g/mol. The van der Waals surface area contributed by atoms with Crippen LogP contribution in [0, 0.1) is 6.92 Å². The van der Waals surface area contributed by atoms with Crippen molar-refractivity contribution >= 4 is 51.4 Å². The fourth-order valence-corrected chi connectivity index (χ4v) is 2.99. The van der Waals surface area contributed by atoms with Crippen LogP contribution < -0.4 is 5.32 Å². The molecule has 2 N–H and O–H groups in total. The lowest BCUT2D eigenvalue weighted by Crippen LogP contribution is -1.99. The predicted molar refractivity (Wildman–Crippen MR) is 93.2 cm³/mol. The number of hydrogen-bond donors (Lipinski definition) is 2. The first-order valence-electron chi connectivity index (χ1n) is 6.81. The molecule has 0 saturated carbocycles. The van der Waals surface area contributed by atoms with Gasteiger partial charge in [0.2, 0.25) is 0 Å². The Labute approximate surface area is 142 Å². The summed E-state index contributed by atoms with van der Waals surface area (Å²) in [5, 5.41) is 14.0. The van der Waals surface area contributed by atoms with E-state index < -0.39 is 5.97 Å². The zero-order valence-electron chi connectivity index (χ0n) is 12.1. The van der Waals surface area contributed by atoms with Crippen molar-refractivity contribution in [2.45, 2.75) is 6.92 Å². The minimum absolute atomic E-state index is 0.208. The van der Waals surface area contributed by atoms with Crippen LogP contribution in [0.15, 0.2) is 42.5 Å². The predicted octanol–water partition coefficient (Wildman–Crippen LogP) is 5.29. The Balaban J connectivity index is 2.13. The number of rotatable bonds is 3. The number of fused-ring (bicyclic) bond motifs is 1. The summed E-state index contributed by atoms with van der Waals surface area (Å²) in [5.74, 6) is -0.978. The summed E-state index contributed by atoms with van der Waals surface area (Å²) < 4.78 is 0. The highest BCUT2D eigenvalue weighted by atomic mass is 35.5. The van der Waals surface area contributed by atoms with Crippen molar-refractivity contribution in [3.63, 3.8) is 0 Å². The van der Waals surface area contributed by atoms with E-state index in [0.29, 0.717) is 21.2 Å². The normalized spacial score (nSPS) is 10.7. The molecule has 116 valence electrons. The van der Waals surface area contributed by atoms with Crippen LogP contribution in [0.1, 0.15) is 16.1 Å². The van der Waals surface area contributed by atoms with E-state index in [-0.39, 0.29) is 5.56 Å². The Kier molecular flexibility index (Phi) is 4.11. The molecule has 0 aliphatic heterocycles. The number of pyridine rings is 1. The third kappa shape index (κ3) is 3.23. The average Bonchev–Trinajstić information content (AvgIpc) is 2.46. The maximum Gasteiger partial charge on any atom is 0.335 e. The van der Waals surface area contributed by atoms with E-state index in [2.05, 4.69) is 10.3 Å². The standard InChI is InChI=1S/C17H12Cl2N2O2/c1-9-5-14(16-13(19)7-11(18)8-15(16)20-9)21-12-4-2-3-10(6-12)17(22)23/h2-8H,1H3,(H,20,21)(H,22,23). The second-order valence-corrected chi connectivity index (χ2v) is 5.95. The number of aryl methyl sites for hydroxylation is 1. The van der Waals surface area contributed by atoms with Crippen LogP contribution in [0.25, 0.3) is 10.9 Å². The third-order valence-corrected chi connectivity index (χ3v) is 3.86. The van der Waals surface area contributed by atoms with Crippen molar-refractivity contribution in [1.29, 1.82) is 0 Å². The SMILES string of the molecule is Cc1cc(Nc2cccc(C(=O)O)c2)c2c(Cl)cc(Cl)cc2n1. The van der Waals surface area contributed by atoms with E-state index in [1.165, 1.54) is 6.07 Å². The fourth-order valence-electron chi connectivity index (χ4n) is 2.40. The Hall–Kier alpha value is -2.30. The molecule has 2 aromatic carbocycles. The van der Waals surface area contributed by atoms with Crippen molar-refractivity contribution in [1.82, 2.24) is 4.98 Å². The summed E-state index contributed by atoms with van der Waals surface area (Å²) in [6.45, 7) is 1.87. The largest absolute Gasteiger partial charge is 0.478 e. The van der Waals surface area contributed by atoms with Gasteiger partial charge >= 0.3 is 5.97 Å². The number of aromatic carboxylic acids is 1. The van der Waals surface area contributed by atoms with Crippen molar-refractivity contribution < 1.29 is 9.90 Å². The van der Waals surface area contributed by atoms with Gasteiger partial charge in [0.15, 0.2) is 0 Å². The number of halogens is 2. The molecule has 23 heavy (non-hydrogen) atoms. The molecule has 4 nitrogen and oxygen atoms in total. The second-order valence-electron chi connectivity index (χ2n) is 5.10. The summed E-state index contributed by atoms with van der Waals surface area (Å²) in [6, 6.07) is 11.8. The number of nitrogens with zero attached hydrogens (tertiary/aromatic N) is 1. The number of hydrogen-bond acceptors (Lipinski definition) is 3. The highest BCUT2D eigenvalue weighted by Crippen LogP contribution is 2.34. The summed E-state index contributed by atoms with van der Waals surface area (Å²) in [4.78, 5) is 15.5. The Morgan fingerprint density at radius 2 is 1.96 bits per heavy atom. The van der Waals surface area contributed by atoms with Crippen molar-refractivity contribution in [2.24, 2.45) is 0 Å². The van der Waals surface area contributed by atoms with Gasteiger partial charge in [-0.15, -0.1) is 0 Å². The first-order valence-corrected chi connectivity index (χ1v) is 7.56. The highest BCUT2D eigenvalue weighted by molar-refractivity contribution is 6.39. The fraction of sp³-hybridized carbons (Fsp3) is 0.0588. The number of carboxylic acid groups (broad SMARTS) is 1. The first-order chi connectivity index (χ1) is 10.9. The van der Waals surface area contributed by atoms with Gasteiger partial charge in [0.1, 0.15) is 0 Å². The number of aromatic nitrogens is 1. The van der Waals surface area contributed by atoms with Gasteiger partial charge in [0.05, 0.1) is 21.8 Å². The van der Waals surface area contributed by atoms with Crippen LogP contribution in [-0.4, -0.2) is 16.1 Å². The molecule has 3 aromatic rings. The van der Waals surface area contributed by atoms with Crippen molar-refractivity contribution in [2.75, 3.05) is 5.32 Å². The van der Waals surface area contributed by atoms with Crippen molar-refractivity contribution in [3.8, 4) is 0 Å². The molecule has 0 spiro atoms. The molecule has 0 fully saturated rings. The molecule has 0 aliphatic rings. The molecule has 6 heteroatoms. The molecule has 0 saturated heterocycles. The minimum Gasteiger partial charge on any atom is -0.478 e. The van der Waals surface area contributed by atoms with Crippen LogP contribution in [0.5, 0.6) is 0 Å². The van der Waals surface area contributed by atoms with Gasteiger partial charge in [-0.25, -0.2) is 4.79 Å². The third-order valence-electron chi connectivity index (χ3n) is 3.34. The number of carboxylic acids is 1. The molecule has 0 atom stereocenters. The van der Waals surface area contributed by atoms with Crippen LogP contribution in [0.2, 0.25) is 10.0 Å². The number of anilines is 2. The van der Waals surface area contributed by atoms with Crippen LogP contribution in [0.4, 0.5) is 11.4 Å². The zero-order valence-corrected chi connectivity index (χ0v) is 13.6. The maximum absolute atomic E-state index is 11.1. The molecule has 0 bridgehead atoms. The van der Waals surface area contributed by atoms with E-state index in [0.717, 1.165) is 16.8 Å². The molecule has 0 amide bonds. The summed E-state index contributed by atoms with van der Waals surface area (Å²) in [6.07, 6.45) is 0. The van der Waals surface area contributed by atoms with Gasteiger partial charge in [-0.05, 0) is 43.3 Å². The van der Waals surface area contributed by atoms with Gasteiger partial charge in [-0.2, -0.15) is 0 Å². The Morgan fingerprint density at radius 3 is 2.70 bits per heavy atom. The molecule has 0 unspecified atom stereocenters. The van der Waals surface area contributed by atoms with E-state index in [4.69, 9.17) is 28.3 Å². The quantitative estimate of drug-likeness (QED) is 0.676. The van der Waals surface area contributed by atoms with Crippen molar-refractivity contribution in [3.05, 3.63) is 63.8 Å². The number of carbonyl (C=O) groups is 1. The Morgan fingerprint density at radius 1 is 1.17 bits per heavy atom. The molecule has 3 rings (SSSR count). The van der Waals surface area contributed by atoms with Gasteiger partial charge < -0.3 is 10.4 Å². The summed E-state index contributed by atoms with van der Waals surface area (Å²) >= 11 is 12.3. The lowest BCUT2D eigenvalue weighted by molar-refractivity contribution is 0.0697. The van der Waals surface area contributed by atoms with E-state index in [1.54, 1.807) is 30.3 Å². The van der Waals surface area contributed by atoms with Gasteiger partial charge in [-0.1, -0.05) is 29.3 Å². The lowest BCUT2D eigenvalue weighted by Gasteiger charge is -2.13. The minimum atomic E-state index is -0.978. The van der Waals surface area contributed by atoms with E-state index in [1.807, 2.05) is 13.0 Å². The molecule has 0 aliphatic carbocycles. The van der Waals surface area contributed by atoms with Gasteiger partial charge in [0, 0.05) is 21.8 Å². The van der Waals surface area contributed by atoms with Crippen LogP contribution in [0.3, 0.4) is 0 Å². The number of nitrogens with one attached hydrogen (secondary N) is 1. The first kappa shape index (κ1) is 15.6. The van der Waals surface area contributed by atoms with E-state index in [9.17, 15) is 4.79 Å². The van der Waals surface area contributed by atoms with Gasteiger partial charge in [-0.3, -0.25) is 4.98 Å². The number of benzene rings is 2. The topological polar surface area (TPSA) is 62.2 Å². The summed E-state index contributed by atoms with van der Waals surface area (Å²) in [7, 11) is 0. The van der Waals surface area contributed by atoms with E-state index >= 15 is 0 Å². The van der Waals surface area contributed by atoms with Crippen LogP contribution in [-0.2, 0) is 0 Å².